The lowest BCUT2D eigenvalue weighted by atomic mass is 10.1. The topological polar surface area (TPSA) is 122 Å². The van der Waals surface area contributed by atoms with Crippen LogP contribution in [0, 0.1) is 0 Å². The van der Waals surface area contributed by atoms with Gasteiger partial charge in [0.25, 0.3) is 5.91 Å². The van der Waals surface area contributed by atoms with E-state index in [1.807, 2.05) is 0 Å². The summed E-state index contributed by atoms with van der Waals surface area (Å²) in [6, 6.07) is 4.52. The highest BCUT2D eigenvalue weighted by Gasteiger charge is 2.17. The first-order valence-corrected chi connectivity index (χ1v) is 4.62. The molecule has 0 aromatic heterocycles. The zero-order chi connectivity index (χ0) is 13.0. The number of nitrogens with two attached hydrogens (primary N) is 1. The van der Waals surface area contributed by atoms with Crippen LogP contribution in [0.3, 0.4) is 0 Å². The van der Waals surface area contributed by atoms with Crippen LogP contribution in [0.2, 0.25) is 0 Å². The lowest BCUT2D eigenvalue weighted by molar-refractivity contribution is -0.147. The third-order valence-corrected chi connectivity index (χ3v) is 2.02. The number of hydrogen-bond donors (Lipinski definition) is 4. The second-order valence-corrected chi connectivity index (χ2v) is 3.10. The van der Waals surface area contributed by atoms with Crippen LogP contribution in [-0.4, -0.2) is 29.9 Å². The summed E-state index contributed by atoms with van der Waals surface area (Å²) in [5.41, 5.74) is 5.65. The monoisotopic (exact) mass is 237 g/mol. The van der Waals surface area contributed by atoms with Gasteiger partial charge in [-0.05, 0) is 12.1 Å². The third-order valence-electron chi connectivity index (χ3n) is 2.02. The van der Waals surface area contributed by atoms with Gasteiger partial charge in [-0.3, -0.25) is 9.59 Å². The van der Waals surface area contributed by atoms with Gasteiger partial charge in [-0.2, -0.15) is 0 Å². The van der Waals surface area contributed by atoms with Gasteiger partial charge in [0.1, 0.15) is 0 Å². The number of carboxylic acid groups (broad SMARTS) is 1. The molecule has 0 aliphatic rings. The fourth-order valence-electron chi connectivity index (χ4n) is 1.31. The highest BCUT2D eigenvalue weighted by Crippen LogP contribution is 2.23. The van der Waals surface area contributed by atoms with Crippen LogP contribution in [-0.2, 0) is 9.59 Å². The Labute approximate surface area is 96.6 Å². The molecular weight excluding hydrogens is 226 g/mol. The minimum absolute atomic E-state index is 0.0320. The molecule has 1 aromatic rings. The van der Waals surface area contributed by atoms with Crippen molar-refractivity contribution >= 4 is 29.2 Å². The summed E-state index contributed by atoms with van der Waals surface area (Å²) in [6.07, 6.45) is 0. The van der Waals surface area contributed by atoms with E-state index < -0.39 is 17.8 Å². The summed E-state index contributed by atoms with van der Waals surface area (Å²) in [5.74, 6) is -3.65. The Morgan fingerprint density at radius 3 is 2.29 bits per heavy atom. The van der Waals surface area contributed by atoms with Crippen LogP contribution in [0.25, 0.3) is 0 Å². The fraction of sp³-hybridized carbons (Fsp3) is 0.100. The molecule has 0 unspecified atom stereocenters. The maximum atomic E-state index is 11.2. The van der Waals surface area contributed by atoms with Crippen LogP contribution >= 0.6 is 0 Å². The number of primary amides is 1. The Morgan fingerprint density at radius 1 is 1.24 bits per heavy atom. The quantitative estimate of drug-likeness (QED) is 0.544. The standard InChI is InChI=1S/C10H11N3O4/c1-12-5-3-2-4-6(7(5)8(11)14)13-9(15)10(16)17/h2-4,12H,1H3,(H2,11,14)(H,13,15)(H,16,17). The first-order valence-electron chi connectivity index (χ1n) is 4.62. The average Bonchev–Trinajstić information content (AvgIpc) is 2.27. The highest BCUT2D eigenvalue weighted by molar-refractivity contribution is 6.37. The first-order chi connectivity index (χ1) is 7.97. The number of carboxylic acids is 1. The maximum Gasteiger partial charge on any atom is 0.394 e. The number of benzene rings is 1. The van der Waals surface area contributed by atoms with E-state index in [0.29, 0.717) is 5.69 Å². The Kier molecular flexibility index (Phi) is 3.66. The van der Waals surface area contributed by atoms with Crippen LogP contribution in [0.1, 0.15) is 10.4 Å². The molecule has 7 heteroatoms. The summed E-state index contributed by atoms with van der Waals surface area (Å²) in [5, 5.41) is 13.3. The number of carbonyl (C=O) groups is 3. The number of carbonyl (C=O) groups excluding carboxylic acids is 2. The second-order valence-electron chi connectivity index (χ2n) is 3.10. The molecule has 0 aliphatic heterocycles. The molecule has 2 amide bonds. The molecule has 1 aromatic carbocycles. The van der Waals surface area contributed by atoms with Crippen LogP contribution in [0.15, 0.2) is 18.2 Å². The Balaban J connectivity index is 3.19. The van der Waals surface area contributed by atoms with Crippen molar-refractivity contribution < 1.29 is 19.5 Å². The van der Waals surface area contributed by atoms with Crippen molar-refractivity contribution in [3.63, 3.8) is 0 Å². The normalized spacial score (nSPS) is 9.47. The van der Waals surface area contributed by atoms with Gasteiger partial charge < -0.3 is 21.5 Å². The van der Waals surface area contributed by atoms with E-state index in [9.17, 15) is 14.4 Å². The molecular formula is C10H11N3O4. The first kappa shape index (κ1) is 12.5. The molecule has 0 spiro atoms. The maximum absolute atomic E-state index is 11.2. The molecule has 90 valence electrons. The van der Waals surface area contributed by atoms with E-state index in [4.69, 9.17) is 10.8 Å². The van der Waals surface area contributed by atoms with Gasteiger partial charge in [0.15, 0.2) is 0 Å². The minimum atomic E-state index is -1.64. The zero-order valence-corrected chi connectivity index (χ0v) is 8.98. The molecule has 5 N–H and O–H groups in total. The van der Waals surface area contributed by atoms with E-state index in [-0.39, 0.29) is 11.3 Å². The summed E-state index contributed by atoms with van der Waals surface area (Å²) < 4.78 is 0. The Hall–Kier alpha value is -2.57. The van der Waals surface area contributed by atoms with E-state index in [2.05, 4.69) is 10.6 Å². The van der Waals surface area contributed by atoms with Crippen molar-refractivity contribution in [2.24, 2.45) is 5.73 Å². The van der Waals surface area contributed by atoms with Crippen molar-refractivity contribution in [2.45, 2.75) is 0 Å². The van der Waals surface area contributed by atoms with Gasteiger partial charge in [-0.25, -0.2) is 4.79 Å². The minimum Gasteiger partial charge on any atom is -0.474 e. The molecule has 1 rings (SSSR count). The van der Waals surface area contributed by atoms with Crippen molar-refractivity contribution in [2.75, 3.05) is 17.7 Å². The van der Waals surface area contributed by atoms with Crippen molar-refractivity contribution in [1.29, 1.82) is 0 Å². The molecule has 0 saturated heterocycles. The molecule has 7 nitrogen and oxygen atoms in total. The molecule has 0 saturated carbocycles. The lowest BCUT2D eigenvalue weighted by Crippen LogP contribution is -2.24. The Bertz CT molecular complexity index is 484. The molecule has 0 aliphatic carbocycles. The van der Waals surface area contributed by atoms with E-state index >= 15 is 0 Å². The lowest BCUT2D eigenvalue weighted by Gasteiger charge is -2.11. The van der Waals surface area contributed by atoms with Crippen LogP contribution in [0.5, 0.6) is 0 Å². The predicted octanol–water partition coefficient (Wildman–Crippen LogP) is -0.150. The van der Waals surface area contributed by atoms with E-state index in [0.717, 1.165) is 0 Å². The predicted molar refractivity (Wildman–Crippen MR) is 60.8 cm³/mol. The average molecular weight is 237 g/mol. The molecule has 0 bridgehead atoms. The van der Waals surface area contributed by atoms with Gasteiger partial charge in [0.2, 0.25) is 0 Å². The van der Waals surface area contributed by atoms with Crippen LogP contribution in [0.4, 0.5) is 11.4 Å². The molecule has 0 fully saturated rings. The van der Waals surface area contributed by atoms with Gasteiger partial charge in [-0.1, -0.05) is 6.07 Å². The SMILES string of the molecule is CNc1cccc(NC(=O)C(=O)O)c1C(N)=O. The number of amides is 2. The summed E-state index contributed by atoms with van der Waals surface area (Å²) in [4.78, 5) is 32.6. The van der Waals surface area contributed by atoms with E-state index in [1.165, 1.54) is 6.07 Å². The number of hydrogen-bond acceptors (Lipinski definition) is 4. The number of aliphatic carboxylic acids is 1. The van der Waals surface area contributed by atoms with Crippen molar-refractivity contribution in [1.82, 2.24) is 0 Å². The Morgan fingerprint density at radius 2 is 1.82 bits per heavy atom. The molecule has 17 heavy (non-hydrogen) atoms. The zero-order valence-electron chi connectivity index (χ0n) is 8.98. The van der Waals surface area contributed by atoms with Gasteiger partial charge in [0, 0.05) is 12.7 Å². The van der Waals surface area contributed by atoms with Crippen LogP contribution < -0.4 is 16.4 Å². The largest absolute Gasteiger partial charge is 0.474 e. The highest BCUT2D eigenvalue weighted by atomic mass is 16.4. The number of rotatable bonds is 3. The van der Waals surface area contributed by atoms with Crippen molar-refractivity contribution in [3.8, 4) is 0 Å². The smallest absolute Gasteiger partial charge is 0.394 e. The van der Waals surface area contributed by atoms with Gasteiger partial charge in [-0.15, -0.1) is 0 Å². The van der Waals surface area contributed by atoms with Gasteiger partial charge in [0.05, 0.1) is 11.3 Å². The number of nitrogens with one attached hydrogen (secondary N) is 2. The fourth-order valence-corrected chi connectivity index (χ4v) is 1.31. The third kappa shape index (κ3) is 2.71. The molecule has 0 radical (unpaired) electrons. The van der Waals surface area contributed by atoms with E-state index in [1.54, 1.807) is 19.2 Å². The second kappa shape index (κ2) is 4.97. The molecule has 0 heterocycles. The summed E-state index contributed by atoms with van der Waals surface area (Å²) in [6.45, 7) is 0. The number of anilines is 2. The van der Waals surface area contributed by atoms with Gasteiger partial charge >= 0.3 is 11.9 Å². The summed E-state index contributed by atoms with van der Waals surface area (Å²) >= 11 is 0. The summed E-state index contributed by atoms with van der Waals surface area (Å²) in [7, 11) is 1.57. The van der Waals surface area contributed by atoms with Crippen molar-refractivity contribution in [3.05, 3.63) is 23.8 Å². The molecule has 0 atom stereocenters.